The number of nitro groups is 1. The lowest BCUT2D eigenvalue weighted by Crippen LogP contribution is -2.39. The lowest BCUT2D eigenvalue weighted by Gasteiger charge is -2.35. The fourth-order valence-corrected chi connectivity index (χ4v) is 3.42. The van der Waals surface area contributed by atoms with Crippen molar-refractivity contribution >= 4 is 11.4 Å². The van der Waals surface area contributed by atoms with Crippen molar-refractivity contribution in [3.63, 3.8) is 0 Å². The monoisotopic (exact) mass is 354 g/mol. The Morgan fingerprint density at radius 1 is 1.20 bits per heavy atom. The number of rotatable bonds is 5. The summed E-state index contributed by atoms with van der Waals surface area (Å²) in [5.41, 5.74) is -0.226. The molecule has 0 N–H and O–H groups in total. The molecule has 2 aliphatic heterocycles. The summed E-state index contributed by atoms with van der Waals surface area (Å²) < 4.78 is 30.6. The van der Waals surface area contributed by atoms with Crippen LogP contribution in [0.2, 0.25) is 0 Å². The van der Waals surface area contributed by atoms with Crippen molar-refractivity contribution in [1.82, 2.24) is 0 Å². The zero-order valence-electron chi connectivity index (χ0n) is 14.3. The van der Waals surface area contributed by atoms with E-state index in [1.54, 1.807) is 0 Å². The van der Waals surface area contributed by atoms with Gasteiger partial charge in [-0.05, 0) is 25.7 Å². The summed E-state index contributed by atoms with van der Waals surface area (Å²) >= 11 is 0. The molecule has 138 valence electrons. The molecule has 3 rings (SSSR count). The Bertz CT molecular complexity index is 613. The van der Waals surface area contributed by atoms with Gasteiger partial charge in [-0.25, -0.2) is 0 Å². The molecule has 0 saturated carbocycles. The van der Waals surface area contributed by atoms with Crippen molar-refractivity contribution in [2.45, 2.75) is 37.9 Å². The van der Waals surface area contributed by atoms with Crippen LogP contribution in [0, 0.1) is 15.9 Å². The zero-order chi connectivity index (χ0) is 17.8. The third-order valence-electron chi connectivity index (χ3n) is 4.77. The van der Waals surface area contributed by atoms with Crippen molar-refractivity contribution in [1.29, 1.82) is 0 Å². The maximum absolute atomic E-state index is 14.1. The molecule has 0 aliphatic carbocycles. The van der Waals surface area contributed by atoms with Gasteiger partial charge in [-0.2, -0.15) is 4.39 Å². The van der Waals surface area contributed by atoms with Crippen molar-refractivity contribution in [2.24, 2.45) is 0 Å². The number of piperidine rings is 1. The molecule has 0 aromatic heterocycles. The molecule has 1 aromatic rings. The van der Waals surface area contributed by atoms with Gasteiger partial charge in [-0.3, -0.25) is 10.1 Å². The molecule has 0 radical (unpaired) electrons. The first-order valence-electron chi connectivity index (χ1n) is 8.58. The largest absolute Gasteiger partial charge is 0.497 e. The van der Waals surface area contributed by atoms with E-state index in [2.05, 4.69) is 0 Å². The molecular weight excluding hydrogens is 331 g/mol. The molecule has 0 atom stereocenters. The smallest absolute Gasteiger partial charge is 0.328 e. The van der Waals surface area contributed by atoms with Crippen LogP contribution in [0.3, 0.4) is 0 Å². The molecule has 2 fully saturated rings. The Morgan fingerprint density at radius 3 is 2.44 bits per heavy atom. The molecule has 7 nitrogen and oxygen atoms in total. The number of nitrogens with zero attached hydrogens (tertiary/aromatic N) is 2. The Hall–Kier alpha value is -1.93. The molecule has 0 unspecified atom stereocenters. The summed E-state index contributed by atoms with van der Waals surface area (Å²) in [7, 11) is 1.42. The molecule has 2 aliphatic rings. The number of ether oxygens (including phenoxy) is 3. The van der Waals surface area contributed by atoms with Crippen LogP contribution in [0.1, 0.15) is 25.7 Å². The van der Waals surface area contributed by atoms with Gasteiger partial charge in [0.15, 0.2) is 0 Å². The highest BCUT2D eigenvalue weighted by atomic mass is 19.1. The maximum Gasteiger partial charge on any atom is 0.328 e. The lowest BCUT2D eigenvalue weighted by molar-refractivity contribution is -0.386. The minimum absolute atomic E-state index is 0.133. The van der Waals surface area contributed by atoms with Crippen molar-refractivity contribution in [3.05, 3.63) is 28.1 Å². The average molecular weight is 354 g/mol. The van der Waals surface area contributed by atoms with Gasteiger partial charge in [0, 0.05) is 38.4 Å². The second-order valence-electron chi connectivity index (χ2n) is 6.37. The number of hydrogen-bond acceptors (Lipinski definition) is 6. The Morgan fingerprint density at radius 2 is 1.84 bits per heavy atom. The molecule has 2 saturated heterocycles. The van der Waals surface area contributed by atoms with Gasteiger partial charge in [-0.15, -0.1) is 0 Å². The molecule has 1 aromatic carbocycles. The molecule has 8 heteroatoms. The predicted molar refractivity (Wildman–Crippen MR) is 89.8 cm³/mol. The SMILES string of the molecule is COc1cc(F)c([N+](=O)[O-])c(N2CCC(OC3CCOCC3)CC2)c1. The third kappa shape index (κ3) is 4.19. The minimum atomic E-state index is -0.875. The Balaban J connectivity index is 1.67. The fraction of sp³-hybridized carbons (Fsp3) is 0.647. The van der Waals surface area contributed by atoms with Crippen molar-refractivity contribution < 1.29 is 23.5 Å². The average Bonchev–Trinajstić information content (AvgIpc) is 2.62. The topological polar surface area (TPSA) is 74.1 Å². The van der Waals surface area contributed by atoms with Gasteiger partial charge in [0.25, 0.3) is 0 Å². The van der Waals surface area contributed by atoms with Crippen LogP contribution in [0.25, 0.3) is 0 Å². The van der Waals surface area contributed by atoms with E-state index in [-0.39, 0.29) is 23.6 Å². The number of halogens is 1. The first kappa shape index (κ1) is 17.9. The van der Waals surface area contributed by atoms with E-state index in [4.69, 9.17) is 14.2 Å². The molecule has 2 heterocycles. The normalized spacial score (nSPS) is 19.8. The number of anilines is 1. The van der Waals surface area contributed by atoms with Crippen LogP contribution in [0.15, 0.2) is 12.1 Å². The number of nitro benzene ring substituents is 1. The van der Waals surface area contributed by atoms with Crippen molar-refractivity contribution in [3.8, 4) is 5.75 Å². The maximum atomic E-state index is 14.1. The highest BCUT2D eigenvalue weighted by molar-refractivity contribution is 5.66. The van der Waals surface area contributed by atoms with Gasteiger partial charge in [-0.1, -0.05) is 0 Å². The summed E-state index contributed by atoms with van der Waals surface area (Å²) in [5.74, 6) is -0.599. The van der Waals surface area contributed by atoms with E-state index < -0.39 is 16.4 Å². The zero-order valence-corrected chi connectivity index (χ0v) is 14.3. The second-order valence-corrected chi connectivity index (χ2v) is 6.37. The number of benzene rings is 1. The molecule has 0 spiro atoms. The number of hydrogen-bond donors (Lipinski definition) is 0. The van der Waals surface area contributed by atoms with Crippen LogP contribution < -0.4 is 9.64 Å². The van der Waals surface area contributed by atoms with Gasteiger partial charge in [0.05, 0.1) is 24.2 Å². The van der Waals surface area contributed by atoms with E-state index in [0.717, 1.165) is 45.0 Å². The van der Waals surface area contributed by atoms with Gasteiger partial charge < -0.3 is 19.1 Å². The van der Waals surface area contributed by atoms with E-state index in [1.807, 2.05) is 4.90 Å². The first-order chi connectivity index (χ1) is 12.1. The molecule has 0 amide bonds. The number of methoxy groups -OCH3 is 1. The lowest BCUT2D eigenvalue weighted by atomic mass is 10.0. The van der Waals surface area contributed by atoms with E-state index in [1.165, 1.54) is 13.2 Å². The van der Waals surface area contributed by atoms with Crippen LogP contribution in [0.5, 0.6) is 5.75 Å². The Labute approximate surface area is 145 Å². The Kier molecular flexibility index (Phi) is 5.70. The van der Waals surface area contributed by atoms with Gasteiger partial charge >= 0.3 is 5.69 Å². The summed E-state index contributed by atoms with van der Waals surface area (Å²) in [5, 5.41) is 11.3. The fourth-order valence-electron chi connectivity index (χ4n) is 3.42. The van der Waals surface area contributed by atoms with Gasteiger partial charge in [0.1, 0.15) is 11.4 Å². The molecule has 25 heavy (non-hydrogen) atoms. The summed E-state index contributed by atoms with van der Waals surface area (Å²) in [4.78, 5) is 12.4. The summed E-state index contributed by atoms with van der Waals surface area (Å²) in [6, 6.07) is 2.57. The predicted octanol–water partition coefficient (Wildman–Crippen LogP) is 2.91. The standard InChI is InChI=1S/C17H23FN2O5/c1-23-14-10-15(18)17(20(21)22)16(11-14)19-6-2-12(3-7-19)25-13-4-8-24-9-5-13/h10-13H,2-9H2,1H3. The van der Waals surface area contributed by atoms with Crippen LogP contribution in [-0.4, -0.2) is 50.5 Å². The van der Waals surface area contributed by atoms with Gasteiger partial charge in [0.2, 0.25) is 5.82 Å². The minimum Gasteiger partial charge on any atom is -0.497 e. The van der Waals surface area contributed by atoms with E-state index in [9.17, 15) is 14.5 Å². The van der Waals surface area contributed by atoms with Crippen LogP contribution in [0.4, 0.5) is 15.8 Å². The van der Waals surface area contributed by atoms with Crippen LogP contribution in [-0.2, 0) is 9.47 Å². The molecule has 0 bridgehead atoms. The highest BCUT2D eigenvalue weighted by Crippen LogP contribution is 2.36. The van der Waals surface area contributed by atoms with E-state index >= 15 is 0 Å². The van der Waals surface area contributed by atoms with Crippen molar-refractivity contribution in [2.75, 3.05) is 38.3 Å². The highest BCUT2D eigenvalue weighted by Gasteiger charge is 2.30. The summed E-state index contributed by atoms with van der Waals surface area (Å²) in [6.07, 6.45) is 3.70. The summed E-state index contributed by atoms with van der Waals surface area (Å²) in [6.45, 7) is 2.64. The molecular formula is C17H23FN2O5. The van der Waals surface area contributed by atoms with E-state index in [0.29, 0.717) is 13.1 Å². The quantitative estimate of drug-likeness (QED) is 0.598. The third-order valence-corrected chi connectivity index (χ3v) is 4.77. The first-order valence-corrected chi connectivity index (χ1v) is 8.58. The second kappa shape index (κ2) is 7.97. The van der Waals surface area contributed by atoms with Crippen LogP contribution >= 0.6 is 0 Å².